The van der Waals surface area contributed by atoms with Crippen LogP contribution in [0.1, 0.15) is 19.3 Å². The van der Waals surface area contributed by atoms with E-state index in [9.17, 15) is 9.90 Å². The van der Waals surface area contributed by atoms with Crippen molar-refractivity contribution in [1.29, 1.82) is 0 Å². The minimum Gasteiger partial charge on any atom is -0.548 e. The van der Waals surface area contributed by atoms with Crippen molar-refractivity contribution in [2.75, 3.05) is 6.54 Å². The molecule has 0 heterocycles. The van der Waals surface area contributed by atoms with Crippen LogP contribution in [0.2, 0.25) is 0 Å². The lowest BCUT2D eigenvalue weighted by Gasteiger charge is -2.10. The van der Waals surface area contributed by atoms with Crippen molar-refractivity contribution in [3.8, 4) is 0 Å². The van der Waals surface area contributed by atoms with Crippen molar-refractivity contribution in [3.05, 3.63) is 0 Å². The van der Waals surface area contributed by atoms with E-state index in [4.69, 9.17) is 11.5 Å². The second kappa shape index (κ2) is 5.20. The molecule has 0 aliphatic heterocycles. The van der Waals surface area contributed by atoms with E-state index in [1.54, 1.807) is 0 Å². The second-order valence-electron chi connectivity index (χ2n) is 2.21. The van der Waals surface area contributed by atoms with Crippen LogP contribution < -0.4 is 16.6 Å². The van der Waals surface area contributed by atoms with Crippen molar-refractivity contribution >= 4 is 5.97 Å². The van der Waals surface area contributed by atoms with Gasteiger partial charge in [-0.3, -0.25) is 0 Å². The Morgan fingerprint density at radius 1 is 1.50 bits per heavy atom. The predicted octanol–water partition coefficient (Wildman–Crippen LogP) is -1.81. The molecule has 60 valence electrons. The maximum Gasteiger partial charge on any atom is 0.0582 e. The minimum atomic E-state index is -1.18. The van der Waals surface area contributed by atoms with E-state index < -0.39 is 12.0 Å². The topological polar surface area (TPSA) is 92.2 Å². The highest BCUT2D eigenvalue weighted by atomic mass is 16.4. The first-order valence-corrected chi connectivity index (χ1v) is 3.35. The molecule has 0 aromatic rings. The maximum atomic E-state index is 10.0. The van der Waals surface area contributed by atoms with Crippen LogP contribution in [0.4, 0.5) is 0 Å². The molecular weight excluding hydrogens is 132 g/mol. The van der Waals surface area contributed by atoms with E-state index in [0.29, 0.717) is 13.0 Å². The number of carbonyl (C=O) groups excluding carboxylic acids is 1. The number of unbranched alkanes of at least 4 members (excludes halogenated alkanes) is 1. The van der Waals surface area contributed by atoms with Crippen LogP contribution in [-0.2, 0) is 4.79 Å². The molecule has 4 N–H and O–H groups in total. The summed E-state index contributed by atoms with van der Waals surface area (Å²) in [5.74, 6) is -1.18. The van der Waals surface area contributed by atoms with Gasteiger partial charge in [-0.25, -0.2) is 0 Å². The third-order valence-corrected chi connectivity index (χ3v) is 1.27. The summed E-state index contributed by atoms with van der Waals surface area (Å²) in [7, 11) is 0. The minimum absolute atomic E-state index is 0.458. The van der Waals surface area contributed by atoms with Gasteiger partial charge in [0.15, 0.2) is 0 Å². The van der Waals surface area contributed by atoms with Gasteiger partial charge >= 0.3 is 0 Å². The van der Waals surface area contributed by atoms with Gasteiger partial charge in [-0.05, 0) is 19.4 Å². The largest absolute Gasteiger partial charge is 0.548 e. The van der Waals surface area contributed by atoms with Gasteiger partial charge in [0, 0.05) is 6.04 Å². The molecular formula is C6H13N2O2-. The molecule has 0 fully saturated rings. The number of carbonyl (C=O) groups is 1. The number of carboxylic acid groups (broad SMARTS) is 1. The van der Waals surface area contributed by atoms with Crippen LogP contribution in [0, 0.1) is 0 Å². The molecule has 0 amide bonds. The summed E-state index contributed by atoms with van der Waals surface area (Å²) in [5.41, 5.74) is 10.3. The molecule has 0 aliphatic rings. The van der Waals surface area contributed by atoms with Gasteiger partial charge in [-0.1, -0.05) is 6.42 Å². The molecule has 0 saturated carbocycles. The Bertz CT molecular complexity index is 106. The summed E-state index contributed by atoms with van der Waals surface area (Å²) in [6.45, 7) is 0.583. The lowest BCUT2D eigenvalue weighted by atomic mass is 10.1. The highest BCUT2D eigenvalue weighted by Crippen LogP contribution is 1.95. The van der Waals surface area contributed by atoms with Crippen LogP contribution in [0.15, 0.2) is 0 Å². The summed E-state index contributed by atoms with van der Waals surface area (Å²) in [6.07, 6.45) is 2.03. The number of nitrogens with two attached hydrogens (primary N) is 2. The number of aliphatic carboxylic acids is 1. The van der Waals surface area contributed by atoms with Crippen molar-refractivity contribution in [2.24, 2.45) is 11.5 Å². The standard InChI is InChI=1S/C6H14N2O2/c7-4-2-1-3-5(8)6(9)10/h5H,1-4,7-8H2,(H,9,10)/p-1. The van der Waals surface area contributed by atoms with E-state index >= 15 is 0 Å². The van der Waals surface area contributed by atoms with Crippen LogP contribution in [0.3, 0.4) is 0 Å². The van der Waals surface area contributed by atoms with E-state index in [-0.39, 0.29) is 0 Å². The quantitative estimate of drug-likeness (QED) is 0.446. The smallest absolute Gasteiger partial charge is 0.0582 e. The fourth-order valence-corrected chi connectivity index (χ4v) is 0.626. The molecule has 0 rings (SSSR count). The van der Waals surface area contributed by atoms with E-state index in [2.05, 4.69) is 0 Å². The van der Waals surface area contributed by atoms with Crippen LogP contribution in [-0.4, -0.2) is 18.6 Å². The number of hydrogen-bond acceptors (Lipinski definition) is 4. The third kappa shape index (κ3) is 4.29. The van der Waals surface area contributed by atoms with Gasteiger partial charge in [0.1, 0.15) is 0 Å². The Morgan fingerprint density at radius 3 is 2.50 bits per heavy atom. The molecule has 4 nitrogen and oxygen atoms in total. The van der Waals surface area contributed by atoms with Gasteiger partial charge in [0.25, 0.3) is 0 Å². The highest BCUT2D eigenvalue weighted by Gasteiger charge is 2.00. The maximum absolute atomic E-state index is 10.0. The lowest BCUT2D eigenvalue weighted by Crippen LogP contribution is -2.41. The Morgan fingerprint density at radius 2 is 2.10 bits per heavy atom. The first-order valence-electron chi connectivity index (χ1n) is 3.35. The second-order valence-corrected chi connectivity index (χ2v) is 2.21. The number of rotatable bonds is 5. The van der Waals surface area contributed by atoms with Gasteiger partial charge in [0.2, 0.25) is 0 Å². The van der Waals surface area contributed by atoms with Gasteiger partial charge in [-0.2, -0.15) is 0 Å². The molecule has 0 radical (unpaired) electrons. The van der Waals surface area contributed by atoms with E-state index in [0.717, 1.165) is 12.8 Å². The molecule has 0 aromatic carbocycles. The molecule has 0 bridgehead atoms. The molecule has 0 aromatic heterocycles. The van der Waals surface area contributed by atoms with Crippen LogP contribution >= 0.6 is 0 Å². The van der Waals surface area contributed by atoms with E-state index in [1.165, 1.54) is 0 Å². The first kappa shape index (κ1) is 9.39. The average molecular weight is 145 g/mol. The molecule has 10 heavy (non-hydrogen) atoms. The zero-order valence-corrected chi connectivity index (χ0v) is 5.88. The Labute approximate surface area is 60.2 Å². The molecule has 1 unspecified atom stereocenters. The normalized spacial score (nSPS) is 13.0. The van der Waals surface area contributed by atoms with Crippen molar-refractivity contribution in [1.82, 2.24) is 0 Å². The zero-order chi connectivity index (χ0) is 7.98. The SMILES string of the molecule is NCCCCC(N)C(=O)[O-]. The highest BCUT2D eigenvalue weighted by molar-refractivity contribution is 5.70. The Hall–Kier alpha value is -0.610. The molecule has 4 heteroatoms. The van der Waals surface area contributed by atoms with Gasteiger partial charge in [0.05, 0.1) is 5.97 Å². The van der Waals surface area contributed by atoms with Crippen LogP contribution in [0.25, 0.3) is 0 Å². The summed E-state index contributed by atoms with van der Waals surface area (Å²) >= 11 is 0. The van der Waals surface area contributed by atoms with Crippen molar-refractivity contribution in [3.63, 3.8) is 0 Å². The van der Waals surface area contributed by atoms with Gasteiger partial charge in [-0.15, -0.1) is 0 Å². The lowest BCUT2D eigenvalue weighted by molar-refractivity contribution is -0.307. The first-order chi connectivity index (χ1) is 4.68. The monoisotopic (exact) mass is 145 g/mol. The average Bonchev–Trinajstić information content (AvgIpc) is 1.88. The van der Waals surface area contributed by atoms with Crippen LogP contribution in [0.5, 0.6) is 0 Å². The number of carboxylic acids is 1. The molecule has 1 atom stereocenters. The molecule has 0 spiro atoms. The van der Waals surface area contributed by atoms with Crippen molar-refractivity contribution < 1.29 is 9.90 Å². The fourth-order valence-electron chi connectivity index (χ4n) is 0.626. The summed E-state index contributed by atoms with van der Waals surface area (Å²) < 4.78 is 0. The predicted molar refractivity (Wildman–Crippen MR) is 35.9 cm³/mol. The fraction of sp³-hybridized carbons (Fsp3) is 0.833. The third-order valence-electron chi connectivity index (χ3n) is 1.27. The number of hydrogen-bond donors (Lipinski definition) is 2. The summed E-state index contributed by atoms with van der Waals surface area (Å²) in [5, 5.41) is 10.0. The van der Waals surface area contributed by atoms with E-state index in [1.807, 2.05) is 0 Å². The Kier molecular flexibility index (Phi) is 4.88. The Balaban J connectivity index is 3.21. The summed E-state index contributed by atoms with van der Waals surface area (Å²) in [4.78, 5) is 10.0. The molecule has 0 saturated heterocycles. The van der Waals surface area contributed by atoms with Gasteiger partial charge < -0.3 is 21.4 Å². The zero-order valence-electron chi connectivity index (χ0n) is 5.88. The molecule has 0 aliphatic carbocycles. The summed E-state index contributed by atoms with van der Waals surface area (Å²) in [6, 6.07) is -0.827. The van der Waals surface area contributed by atoms with Crippen molar-refractivity contribution in [2.45, 2.75) is 25.3 Å².